The molecule has 8 heteroatoms. The van der Waals surface area contributed by atoms with Gasteiger partial charge in [0.1, 0.15) is 18.2 Å². The Hall–Kier alpha value is -1.84. The summed E-state index contributed by atoms with van der Waals surface area (Å²) in [6.07, 6.45) is 2.84. The number of aryl methyl sites for hydroxylation is 2. The number of nitrogens with zero attached hydrogens (tertiary/aromatic N) is 4. The van der Waals surface area contributed by atoms with E-state index in [9.17, 15) is 0 Å². The highest BCUT2D eigenvalue weighted by Gasteiger charge is 2.22. The lowest BCUT2D eigenvalue weighted by Crippen LogP contribution is -2.47. The SMILES string of the molecule is CCc1nc2n(n1)CC(NC(=NC)NCCOc1ccccc1C(C)(C)C)CC2.I. The maximum Gasteiger partial charge on any atom is 0.191 e. The lowest BCUT2D eigenvalue weighted by atomic mass is 9.86. The lowest BCUT2D eigenvalue weighted by Gasteiger charge is -2.25. The van der Waals surface area contributed by atoms with Gasteiger partial charge in [-0.25, -0.2) is 9.67 Å². The van der Waals surface area contributed by atoms with Crippen LogP contribution in [0.1, 0.15) is 51.3 Å². The lowest BCUT2D eigenvalue weighted by molar-refractivity contribution is 0.312. The van der Waals surface area contributed by atoms with Gasteiger partial charge in [-0.3, -0.25) is 4.99 Å². The van der Waals surface area contributed by atoms with Crippen molar-refractivity contribution in [3.05, 3.63) is 41.5 Å². The first-order valence-electron chi connectivity index (χ1n) is 10.5. The average molecular weight is 526 g/mol. The fourth-order valence-electron chi connectivity index (χ4n) is 3.56. The zero-order valence-corrected chi connectivity index (χ0v) is 21.1. The van der Waals surface area contributed by atoms with Gasteiger partial charge >= 0.3 is 0 Å². The van der Waals surface area contributed by atoms with Crippen LogP contribution < -0.4 is 15.4 Å². The number of nitrogens with one attached hydrogen (secondary N) is 2. The average Bonchev–Trinajstić information content (AvgIpc) is 3.12. The van der Waals surface area contributed by atoms with Crippen LogP contribution in [0.4, 0.5) is 0 Å². The van der Waals surface area contributed by atoms with E-state index < -0.39 is 0 Å². The van der Waals surface area contributed by atoms with Crippen LogP contribution in [0.2, 0.25) is 0 Å². The van der Waals surface area contributed by atoms with Crippen molar-refractivity contribution in [3.63, 3.8) is 0 Å². The first kappa shape index (κ1) is 24.4. The van der Waals surface area contributed by atoms with Gasteiger partial charge in [0.15, 0.2) is 11.8 Å². The van der Waals surface area contributed by atoms with Crippen LogP contribution in [0.3, 0.4) is 0 Å². The van der Waals surface area contributed by atoms with Crippen LogP contribution in [0.5, 0.6) is 5.75 Å². The van der Waals surface area contributed by atoms with Gasteiger partial charge < -0.3 is 15.4 Å². The molecule has 1 aromatic heterocycles. The van der Waals surface area contributed by atoms with Crippen LogP contribution >= 0.6 is 24.0 Å². The summed E-state index contributed by atoms with van der Waals surface area (Å²) in [6, 6.07) is 8.54. The molecule has 0 bridgehead atoms. The molecule has 0 radical (unpaired) electrons. The van der Waals surface area contributed by atoms with E-state index in [2.05, 4.69) is 65.5 Å². The first-order valence-corrected chi connectivity index (χ1v) is 10.5. The molecule has 1 aliphatic rings. The van der Waals surface area contributed by atoms with E-state index in [0.29, 0.717) is 19.2 Å². The standard InChI is InChI=1S/C22H34N6O.HI/c1-6-19-26-20-12-11-16(15-28(20)27-19)25-21(23-5)24-13-14-29-18-10-8-7-9-17(18)22(2,3)4;/h7-10,16H,6,11-15H2,1-5H3,(H2,23,24,25);1H. The van der Waals surface area contributed by atoms with Crippen molar-refractivity contribution in [3.8, 4) is 5.75 Å². The number of ether oxygens (including phenoxy) is 1. The summed E-state index contributed by atoms with van der Waals surface area (Å²) in [5.41, 5.74) is 1.28. The van der Waals surface area contributed by atoms with E-state index in [1.54, 1.807) is 7.05 Å². The smallest absolute Gasteiger partial charge is 0.191 e. The normalized spacial score (nSPS) is 16.4. The number of fused-ring (bicyclic) bond motifs is 1. The predicted octanol–water partition coefficient (Wildman–Crippen LogP) is 3.31. The largest absolute Gasteiger partial charge is 0.491 e. The van der Waals surface area contributed by atoms with Gasteiger partial charge in [0.25, 0.3) is 0 Å². The Morgan fingerprint density at radius 1 is 1.30 bits per heavy atom. The summed E-state index contributed by atoms with van der Waals surface area (Å²) >= 11 is 0. The third kappa shape index (κ3) is 6.33. The summed E-state index contributed by atoms with van der Waals surface area (Å²) < 4.78 is 8.07. The molecule has 1 atom stereocenters. The Labute approximate surface area is 197 Å². The first-order chi connectivity index (χ1) is 13.9. The molecule has 2 heterocycles. The zero-order valence-electron chi connectivity index (χ0n) is 18.7. The zero-order chi connectivity index (χ0) is 20.9. The van der Waals surface area contributed by atoms with E-state index in [1.165, 1.54) is 5.56 Å². The van der Waals surface area contributed by atoms with Crippen molar-refractivity contribution in [2.75, 3.05) is 20.2 Å². The summed E-state index contributed by atoms with van der Waals surface area (Å²) in [7, 11) is 1.80. The van der Waals surface area contributed by atoms with Gasteiger partial charge in [-0.2, -0.15) is 5.10 Å². The minimum absolute atomic E-state index is 0. The molecular formula is C22H35IN6O. The Kier molecular flexibility index (Phi) is 8.93. The Morgan fingerprint density at radius 2 is 2.07 bits per heavy atom. The molecule has 166 valence electrons. The second kappa shape index (κ2) is 11.0. The number of aliphatic imine (C=N–C) groups is 1. The molecule has 0 aliphatic carbocycles. The maximum atomic E-state index is 6.04. The van der Waals surface area contributed by atoms with Crippen molar-refractivity contribution < 1.29 is 4.74 Å². The van der Waals surface area contributed by atoms with Gasteiger partial charge in [-0.1, -0.05) is 45.9 Å². The number of rotatable bonds is 6. The van der Waals surface area contributed by atoms with Crippen LogP contribution in [0.15, 0.2) is 29.3 Å². The monoisotopic (exact) mass is 526 g/mol. The molecule has 7 nitrogen and oxygen atoms in total. The number of halogens is 1. The molecule has 0 spiro atoms. The van der Waals surface area contributed by atoms with Gasteiger partial charge in [-0.05, 0) is 23.5 Å². The Morgan fingerprint density at radius 3 is 2.77 bits per heavy atom. The van der Waals surface area contributed by atoms with Crippen molar-refractivity contribution >= 4 is 29.9 Å². The highest BCUT2D eigenvalue weighted by molar-refractivity contribution is 14.0. The van der Waals surface area contributed by atoms with Crippen LogP contribution in [0.25, 0.3) is 0 Å². The molecule has 3 rings (SSSR count). The van der Waals surface area contributed by atoms with Crippen LogP contribution in [-0.4, -0.2) is 47.0 Å². The van der Waals surface area contributed by atoms with E-state index >= 15 is 0 Å². The summed E-state index contributed by atoms with van der Waals surface area (Å²) in [4.78, 5) is 8.93. The minimum Gasteiger partial charge on any atom is -0.491 e. The molecule has 0 fully saturated rings. The van der Waals surface area contributed by atoms with Crippen molar-refractivity contribution in [2.24, 2.45) is 4.99 Å². The summed E-state index contributed by atoms with van der Waals surface area (Å²) in [5.74, 6) is 3.76. The molecule has 1 aromatic carbocycles. The Balaban J connectivity index is 0.00000320. The maximum absolute atomic E-state index is 6.04. The molecule has 1 aliphatic heterocycles. The fraction of sp³-hybridized carbons (Fsp3) is 0.591. The Bertz CT molecular complexity index is 842. The molecule has 1 unspecified atom stereocenters. The van der Waals surface area contributed by atoms with Crippen LogP contribution in [-0.2, 0) is 24.8 Å². The number of hydrogen-bond acceptors (Lipinski definition) is 4. The number of para-hydroxylation sites is 1. The molecule has 0 saturated heterocycles. The van der Waals surface area contributed by atoms with Gasteiger partial charge in [0, 0.05) is 25.9 Å². The quantitative estimate of drug-likeness (QED) is 0.262. The third-order valence-electron chi connectivity index (χ3n) is 5.13. The fourth-order valence-corrected chi connectivity index (χ4v) is 3.56. The molecular weight excluding hydrogens is 491 g/mol. The molecule has 2 aromatic rings. The molecule has 0 amide bonds. The number of hydrogen-bond donors (Lipinski definition) is 2. The number of guanidine groups is 1. The van der Waals surface area contributed by atoms with Gasteiger partial charge in [0.05, 0.1) is 13.1 Å². The van der Waals surface area contributed by atoms with Crippen molar-refractivity contribution in [1.29, 1.82) is 0 Å². The molecule has 2 N–H and O–H groups in total. The molecule has 30 heavy (non-hydrogen) atoms. The van der Waals surface area contributed by atoms with E-state index in [-0.39, 0.29) is 29.4 Å². The highest BCUT2D eigenvalue weighted by atomic mass is 127. The van der Waals surface area contributed by atoms with Crippen LogP contribution in [0, 0.1) is 0 Å². The number of aromatic nitrogens is 3. The number of benzene rings is 1. The van der Waals surface area contributed by atoms with Gasteiger partial charge in [-0.15, -0.1) is 24.0 Å². The minimum atomic E-state index is 0. The summed E-state index contributed by atoms with van der Waals surface area (Å²) in [6.45, 7) is 10.8. The predicted molar refractivity (Wildman–Crippen MR) is 132 cm³/mol. The van der Waals surface area contributed by atoms with E-state index in [1.807, 2.05) is 16.8 Å². The summed E-state index contributed by atoms with van der Waals surface area (Å²) in [5, 5.41) is 11.4. The van der Waals surface area contributed by atoms with Crippen molar-refractivity contribution in [1.82, 2.24) is 25.4 Å². The van der Waals surface area contributed by atoms with E-state index in [0.717, 1.165) is 49.2 Å². The topological polar surface area (TPSA) is 76.4 Å². The third-order valence-corrected chi connectivity index (χ3v) is 5.13. The second-order valence-electron chi connectivity index (χ2n) is 8.45. The van der Waals surface area contributed by atoms with Gasteiger partial charge in [0.2, 0.25) is 0 Å². The second-order valence-corrected chi connectivity index (χ2v) is 8.45. The highest BCUT2D eigenvalue weighted by Crippen LogP contribution is 2.30. The molecule has 0 saturated carbocycles. The van der Waals surface area contributed by atoms with Crippen molar-refractivity contribution in [2.45, 2.75) is 65.0 Å². The van der Waals surface area contributed by atoms with E-state index in [4.69, 9.17) is 4.74 Å².